The number of benzene rings is 1. The molecule has 2 aliphatic heterocycles. The topological polar surface area (TPSA) is 51.2 Å². The van der Waals surface area contributed by atoms with Crippen molar-refractivity contribution in [3.8, 4) is 11.5 Å². The van der Waals surface area contributed by atoms with Crippen molar-refractivity contribution < 1.29 is 23.7 Å². The zero-order valence-corrected chi connectivity index (χ0v) is 17.1. The lowest BCUT2D eigenvalue weighted by Gasteiger charge is -2.47. The van der Waals surface area contributed by atoms with Gasteiger partial charge in [0, 0.05) is 25.6 Å². The molecule has 5 nitrogen and oxygen atoms in total. The van der Waals surface area contributed by atoms with Crippen molar-refractivity contribution in [3.05, 3.63) is 35.2 Å². The molecule has 2 heterocycles. The zero-order chi connectivity index (χ0) is 20.1. The van der Waals surface area contributed by atoms with Crippen LogP contribution in [0.1, 0.15) is 50.8 Å². The molecule has 0 saturated carbocycles. The molecular formula is C22H30FNO4. The van der Waals surface area contributed by atoms with E-state index in [4.69, 9.17) is 14.2 Å². The number of hydrogen-bond donors (Lipinski definition) is 1. The van der Waals surface area contributed by atoms with E-state index in [0.29, 0.717) is 24.3 Å². The molecular weight excluding hydrogens is 361 g/mol. The summed E-state index contributed by atoms with van der Waals surface area (Å²) in [5.74, 6) is 1.19. The van der Waals surface area contributed by atoms with Gasteiger partial charge in [0.25, 0.3) is 0 Å². The zero-order valence-electron chi connectivity index (χ0n) is 17.1. The third kappa shape index (κ3) is 3.91. The van der Waals surface area contributed by atoms with Crippen LogP contribution in [0.3, 0.4) is 0 Å². The minimum absolute atomic E-state index is 0.124. The van der Waals surface area contributed by atoms with Gasteiger partial charge in [-0.15, -0.1) is 0 Å². The summed E-state index contributed by atoms with van der Waals surface area (Å²) in [5, 5.41) is 10.7. The Kier molecular flexibility index (Phi) is 5.14. The third-order valence-corrected chi connectivity index (χ3v) is 5.75. The Morgan fingerprint density at radius 3 is 2.61 bits per heavy atom. The molecule has 154 valence electrons. The molecule has 4 atom stereocenters. The van der Waals surface area contributed by atoms with Crippen molar-refractivity contribution in [1.82, 2.24) is 4.90 Å². The lowest BCUT2D eigenvalue weighted by Crippen LogP contribution is -2.53. The molecule has 0 bridgehead atoms. The number of ether oxygens (including phenoxy) is 3. The Hall–Kier alpha value is -1.63. The Labute approximate surface area is 166 Å². The number of nitrogens with zero attached hydrogens (tertiary/aromatic N) is 1. The normalized spacial score (nSPS) is 30.0. The molecule has 1 unspecified atom stereocenters. The second kappa shape index (κ2) is 7.32. The van der Waals surface area contributed by atoms with Crippen LogP contribution in [0.2, 0.25) is 0 Å². The number of methoxy groups -OCH3 is 1. The largest absolute Gasteiger partial charge is 0.493 e. The maximum Gasteiger partial charge on any atom is 0.162 e. The van der Waals surface area contributed by atoms with Gasteiger partial charge in [-0.05, 0) is 62.9 Å². The molecule has 1 saturated heterocycles. The summed E-state index contributed by atoms with van der Waals surface area (Å²) in [6, 6.07) is 4.19. The van der Waals surface area contributed by atoms with E-state index in [-0.39, 0.29) is 29.7 Å². The van der Waals surface area contributed by atoms with Crippen LogP contribution in [0.5, 0.6) is 11.5 Å². The highest BCUT2D eigenvalue weighted by atomic mass is 19.1. The number of piperidine rings is 1. The summed E-state index contributed by atoms with van der Waals surface area (Å²) in [6.45, 7) is 7.69. The van der Waals surface area contributed by atoms with E-state index in [1.54, 1.807) is 7.11 Å². The summed E-state index contributed by atoms with van der Waals surface area (Å²) in [5.41, 5.74) is 2.11. The maximum absolute atomic E-state index is 13.0. The van der Waals surface area contributed by atoms with Crippen LogP contribution in [-0.4, -0.2) is 54.1 Å². The van der Waals surface area contributed by atoms with Crippen molar-refractivity contribution in [2.45, 2.75) is 70.0 Å². The van der Waals surface area contributed by atoms with E-state index in [9.17, 15) is 9.50 Å². The van der Waals surface area contributed by atoms with Gasteiger partial charge >= 0.3 is 0 Å². The number of hydrogen-bond acceptors (Lipinski definition) is 5. The Balaban J connectivity index is 1.56. The van der Waals surface area contributed by atoms with E-state index in [1.165, 1.54) is 17.2 Å². The lowest BCUT2D eigenvalue weighted by atomic mass is 9.84. The maximum atomic E-state index is 13.0. The van der Waals surface area contributed by atoms with Gasteiger partial charge in [-0.25, -0.2) is 4.39 Å². The molecule has 1 fully saturated rings. The van der Waals surface area contributed by atoms with Crippen LogP contribution >= 0.6 is 0 Å². The minimum atomic E-state index is -0.503. The summed E-state index contributed by atoms with van der Waals surface area (Å²) in [6.07, 6.45) is 2.44. The van der Waals surface area contributed by atoms with Gasteiger partial charge in [0.15, 0.2) is 11.5 Å². The first-order chi connectivity index (χ1) is 13.2. The second-order valence-corrected chi connectivity index (χ2v) is 9.01. The Morgan fingerprint density at radius 1 is 1.21 bits per heavy atom. The van der Waals surface area contributed by atoms with Crippen molar-refractivity contribution in [1.29, 1.82) is 0 Å². The van der Waals surface area contributed by atoms with Gasteiger partial charge in [0.2, 0.25) is 0 Å². The molecule has 4 rings (SSSR count). The molecule has 1 aromatic carbocycles. The fourth-order valence-electron chi connectivity index (χ4n) is 4.41. The standard InChI is InChI=1S/C22H30FNO4/c1-22(2,3)28-21-12-24-6-5-13-7-20(27-15-8-14(23)9-15)19(26-4)10-16(13)17(24)11-18(21)25/h7-8,10,15,17-18,21,25H,5-6,9,11-12H2,1-4H3/t15?,17-,18-,21-/m1/s1. The number of halogens is 1. The first-order valence-electron chi connectivity index (χ1n) is 10.1. The van der Waals surface area contributed by atoms with Crippen LogP contribution in [0, 0.1) is 0 Å². The average Bonchev–Trinajstić information content (AvgIpc) is 2.59. The molecule has 1 aliphatic carbocycles. The predicted octanol–water partition coefficient (Wildman–Crippen LogP) is 3.55. The Morgan fingerprint density at radius 2 is 1.96 bits per heavy atom. The average molecular weight is 391 g/mol. The Bertz CT molecular complexity index is 773. The fraction of sp³-hybridized carbons (Fsp3) is 0.636. The lowest BCUT2D eigenvalue weighted by molar-refractivity contribution is -0.149. The number of rotatable bonds is 4. The molecule has 0 radical (unpaired) electrons. The molecule has 1 aromatic rings. The highest BCUT2D eigenvalue weighted by Crippen LogP contribution is 2.43. The fourth-order valence-corrected chi connectivity index (χ4v) is 4.41. The summed E-state index contributed by atoms with van der Waals surface area (Å²) in [7, 11) is 1.62. The molecule has 28 heavy (non-hydrogen) atoms. The van der Waals surface area contributed by atoms with Gasteiger partial charge in [-0.1, -0.05) is 0 Å². The highest BCUT2D eigenvalue weighted by molar-refractivity contribution is 5.50. The predicted molar refractivity (Wildman–Crippen MR) is 104 cm³/mol. The van der Waals surface area contributed by atoms with Gasteiger partial charge in [-0.3, -0.25) is 4.90 Å². The van der Waals surface area contributed by atoms with Crippen LogP contribution in [0.15, 0.2) is 24.0 Å². The number of aliphatic hydroxyl groups excluding tert-OH is 1. The van der Waals surface area contributed by atoms with Crippen molar-refractivity contribution in [2.75, 3.05) is 20.2 Å². The van der Waals surface area contributed by atoms with E-state index >= 15 is 0 Å². The minimum Gasteiger partial charge on any atom is -0.493 e. The van der Waals surface area contributed by atoms with Crippen LogP contribution in [-0.2, 0) is 11.2 Å². The summed E-state index contributed by atoms with van der Waals surface area (Å²) < 4.78 is 30.6. The summed E-state index contributed by atoms with van der Waals surface area (Å²) >= 11 is 0. The summed E-state index contributed by atoms with van der Waals surface area (Å²) in [4.78, 5) is 2.40. The van der Waals surface area contributed by atoms with E-state index < -0.39 is 6.10 Å². The third-order valence-electron chi connectivity index (χ3n) is 5.75. The quantitative estimate of drug-likeness (QED) is 0.851. The van der Waals surface area contributed by atoms with Crippen LogP contribution in [0.25, 0.3) is 0 Å². The van der Waals surface area contributed by atoms with Gasteiger partial charge in [-0.2, -0.15) is 0 Å². The van der Waals surface area contributed by atoms with Gasteiger partial charge in [0.1, 0.15) is 11.9 Å². The molecule has 1 N–H and O–H groups in total. The SMILES string of the molecule is COc1cc2c(cc1OC1C=C(F)C1)CCN1C[C@@H](OC(C)(C)C)[C@H](O)C[C@H]21. The monoisotopic (exact) mass is 391 g/mol. The number of aliphatic hydroxyl groups is 1. The first kappa shape index (κ1) is 19.7. The van der Waals surface area contributed by atoms with E-state index in [1.807, 2.05) is 32.9 Å². The molecule has 6 heteroatoms. The second-order valence-electron chi connectivity index (χ2n) is 9.01. The molecule has 3 aliphatic rings. The highest BCUT2D eigenvalue weighted by Gasteiger charge is 2.40. The molecule has 0 aromatic heterocycles. The van der Waals surface area contributed by atoms with Gasteiger partial charge < -0.3 is 19.3 Å². The van der Waals surface area contributed by atoms with Crippen molar-refractivity contribution in [2.24, 2.45) is 0 Å². The van der Waals surface area contributed by atoms with Crippen LogP contribution in [0.4, 0.5) is 4.39 Å². The number of fused-ring (bicyclic) bond motifs is 3. The first-order valence-corrected chi connectivity index (χ1v) is 10.1. The van der Waals surface area contributed by atoms with Gasteiger partial charge in [0.05, 0.1) is 24.9 Å². The van der Waals surface area contributed by atoms with E-state index in [2.05, 4.69) is 4.90 Å². The van der Waals surface area contributed by atoms with Crippen molar-refractivity contribution >= 4 is 0 Å². The molecule has 0 amide bonds. The van der Waals surface area contributed by atoms with Crippen molar-refractivity contribution in [3.63, 3.8) is 0 Å². The molecule has 0 spiro atoms. The van der Waals surface area contributed by atoms with E-state index in [0.717, 1.165) is 19.5 Å². The smallest absolute Gasteiger partial charge is 0.162 e. The van der Waals surface area contributed by atoms with Crippen LogP contribution < -0.4 is 9.47 Å².